The number of hydrogen-bond acceptors (Lipinski definition) is 7. The first kappa shape index (κ1) is 25.6. The maximum atomic E-state index is 10.5. The van der Waals surface area contributed by atoms with E-state index in [4.69, 9.17) is 40.0 Å². The van der Waals surface area contributed by atoms with Crippen LogP contribution in [-0.2, 0) is 33.2 Å². The monoisotopic (exact) mass is 398 g/mol. The Kier molecular flexibility index (Phi) is 22.2. The molecule has 0 aromatic rings. The van der Waals surface area contributed by atoms with Gasteiger partial charge in [0.15, 0.2) is 0 Å². The minimum absolute atomic E-state index is 0.276. The zero-order chi connectivity index (χ0) is 19.1. The average Bonchev–Trinajstić information content (AvgIpc) is 2.62. The summed E-state index contributed by atoms with van der Waals surface area (Å²) < 4.78 is 31.6. The third-order valence-corrected chi connectivity index (χ3v) is 3.46. The van der Waals surface area contributed by atoms with E-state index >= 15 is 0 Å². The van der Waals surface area contributed by atoms with Crippen LogP contribution in [0.4, 0.5) is 0 Å². The lowest BCUT2D eigenvalue weighted by Crippen LogP contribution is -2.14. The van der Waals surface area contributed by atoms with Crippen LogP contribution >= 0.6 is 11.6 Å². The van der Waals surface area contributed by atoms with Gasteiger partial charge < -0.3 is 28.4 Å². The summed E-state index contributed by atoms with van der Waals surface area (Å²) in [5, 5.41) is 0. The van der Waals surface area contributed by atoms with Crippen LogP contribution in [0.2, 0.25) is 0 Å². The summed E-state index contributed by atoms with van der Waals surface area (Å²) >= 11 is 5.61. The second-order valence-electron chi connectivity index (χ2n) is 5.51. The lowest BCUT2D eigenvalue weighted by Gasteiger charge is -2.08. The molecule has 7 nitrogen and oxygen atoms in total. The highest BCUT2D eigenvalue weighted by atomic mass is 35.5. The summed E-state index contributed by atoms with van der Waals surface area (Å²) in [6.07, 6.45) is 4.51. The van der Waals surface area contributed by atoms with Crippen LogP contribution in [0, 0.1) is 0 Å². The van der Waals surface area contributed by atoms with Gasteiger partial charge in [-0.05, 0) is 12.8 Å². The molecule has 26 heavy (non-hydrogen) atoms. The maximum absolute atomic E-state index is 10.5. The van der Waals surface area contributed by atoms with Crippen LogP contribution in [0.5, 0.6) is 0 Å². The van der Waals surface area contributed by atoms with E-state index in [9.17, 15) is 4.79 Å². The molecule has 0 saturated carbocycles. The van der Waals surface area contributed by atoms with Crippen molar-refractivity contribution in [2.75, 3.05) is 78.6 Å². The van der Waals surface area contributed by atoms with Crippen LogP contribution < -0.4 is 0 Å². The molecule has 0 atom stereocenters. The van der Waals surface area contributed by atoms with Gasteiger partial charge in [-0.15, -0.1) is 11.6 Å². The van der Waals surface area contributed by atoms with Crippen molar-refractivity contribution in [2.45, 2.75) is 32.6 Å². The van der Waals surface area contributed by atoms with Gasteiger partial charge in [0.1, 0.15) is 6.61 Å². The van der Waals surface area contributed by atoms with Gasteiger partial charge in [0.25, 0.3) is 0 Å². The van der Waals surface area contributed by atoms with Gasteiger partial charge in [-0.3, -0.25) is 4.79 Å². The van der Waals surface area contributed by atoms with E-state index in [0.29, 0.717) is 59.5 Å². The normalized spacial score (nSPS) is 11.0. The fourth-order valence-corrected chi connectivity index (χ4v) is 2.07. The number of hydrogen-bond donors (Lipinski definition) is 0. The lowest BCUT2D eigenvalue weighted by molar-refractivity contribution is -0.142. The van der Waals surface area contributed by atoms with E-state index in [-0.39, 0.29) is 12.6 Å². The van der Waals surface area contributed by atoms with Gasteiger partial charge in [0.05, 0.1) is 59.5 Å². The van der Waals surface area contributed by atoms with Crippen molar-refractivity contribution >= 4 is 17.6 Å². The Balaban J connectivity index is 2.98. The molecule has 156 valence electrons. The molecule has 0 amide bonds. The number of halogens is 1. The van der Waals surface area contributed by atoms with Crippen molar-refractivity contribution < 1.29 is 33.2 Å². The highest BCUT2D eigenvalue weighted by Crippen LogP contribution is 2.01. The van der Waals surface area contributed by atoms with Crippen LogP contribution in [0.25, 0.3) is 0 Å². The van der Waals surface area contributed by atoms with Gasteiger partial charge in [-0.2, -0.15) is 0 Å². The van der Waals surface area contributed by atoms with Crippen molar-refractivity contribution in [3.05, 3.63) is 0 Å². The number of carbonyl (C=O) groups excluding carboxylic acids is 1. The van der Waals surface area contributed by atoms with Crippen molar-refractivity contribution in [1.29, 1.82) is 0 Å². The zero-order valence-corrected chi connectivity index (χ0v) is 16.8. The number of alkyl halides is 1. The largest absolute Gasteiger partial charge is 0.463 e. The van der Waals surface area contributed by atoms with E-state index < -0.39 is 0 Å². The first-order valence-corrected chi connectivity index (χ1v) is 9.89. The molecule has 0 bridgehead atoms. The predicted octanol–water partition coefficient (Wildman–Crippen LogP) is 2.43. The predicted molar refractivity (Wildman–Crippen MR) is 99.9 cm³/mol. The van der Waals surface area contributed by atoms with Gasteiger partial charge in [0, 0.05) is 19.4 Å². The Hall–Kier alpha value is -0.440. The molecule has 0 fully saturated rings. The molecule has 0 rings (SSSR count). The molecule has 0 saturated heterocycles. The van der Waals surface area contributed by atoms with E-state index in [2.05, 4.69) is 0 Å². The minimum Gasteiger partial charge on any atom is -0.463 e. The summed E-state index contributed by atoms with van der Waals surface area (Å²) in [4.78, 5) is 10.5. The van der Waals surface area contributed by atoms with Crippen LogP contribution in [-0.4, -0.2) is 84.5 Å². The molecule has 0 aromatic carbocycles. The highest BCUT2D eigenvalue weighted by molar-refractivity contribution is 6.17. The third-order valence-electron chi connectivity index (χ3n) is 3.19. The molecular weight excluding hydrogens is 364 g/mol. The van der Waals surface area contributed by atoms with E-state index in [0.717, 1.165) is 25.3 Å². The smallest absolute Gasteiger partial charge is 0.302 e. The first-order valence-electron chi connectivity index (χ1n) is 9.35. The Morgan fingerprint density at radius 3 is 1.38 bits per heavy atom. The van der Waals surface area contributed by atoms with E-state index in [1.807, 2.05) is 0 Å². The average molecular weight is 399 g/mol. The van der Waals surface area contributed by atoms with E-state index in [1.165, 1.54) is 19.8 Å². The number of esters is 1. The summed E-state index contributed by atoms with van der Waals surface area (Å²) in [6, 6.07) is 0. The van der Waals surface area contributed by atoms with Gasteiger partial charge in [-0.25, -0.2) is 0 Å². The fraction of sp³-hybridized carbons (Fsp3) is 0.944. The van der Waals surface area contributed by atoms with Crippen molar-refractivity contribution in [1.82, 2.24) is 0 Å². The van der Waals surface area contributed by atoms with Crippen molar-refractivity contribution in [3.8, 4) is 0 Å². The molecule has 0 N–H and O–H groups in total. The number of carbonyl (C=O) groups is 1. The van der Waals surface area contributed by atoms with Crippen molar-refractivity contribution in [2.24, 2.45) is 0 Å². The van der Waals surface area contributed by atoms with Gasteiger partial charge >= 0.3 is 5.97 Å². The lowest BCUT2D eigenvalue weighted by atomic mass is 10.2. The SMILES string of the molecule is CC(=O)OCCOCCOCCOCCOCCOCCCCCCCl. The Morgan fingerprint density at radius 1 is 0.577 bits per heavy atom. The summed E-state index contributed by atoms with van der Waals surface area (Å²) in [7, 11) is 0. The second-order valence-corrected chi connectivity index (χ2v) is 5.88. The summed E-state index contributed by atoms with van der Waals surface area (Å²) in [5.41, 5.74) is 0. The Morgan fingerprint density at radius 2 is 0.962 bits per heavy atom. The fourth-order valence-electron chi connectivity index (χ4n) is 1.88. The maximum Gasteiger partial charge on any atom is 0.302 e. The number of unbranched alkanes of at least 4 members (excludes halogenated alkanes) is 3. The Bertz CT molecular complexity index is 293. The van der Waals surface area contributed by atoms with E-state index in [1.54, 1.807) is 0 Å². The molecular formula is C18H35ClO7. The zero-order valence-electron chi connectivity index (χ0n) is 16.0. The molecule has 0 spiro atoms. The summed E-state index contributed by atoms with van der Waals surface area (Å²) in [6.45, 7) is 7.12. The van der Waals surface area contributed by atoms with Crippen molar-refractivity contribution in [3.63, 3.8) is 0 Å². The minimum atomic E-state index is -0.299. The molecule has 0 aliphatic heterocycles. The van der Waals surface area contributed by atoms with Crippen LogP contribution in [0.15, 0.2) is 0 Å². The van der Waals surface area contributed by atoms with Gasteiger partial charge in [0.2, 0.25) is 0 Å². The highest BCUT2D eigenvalue weighted by Gasteiger charge is 1.95. The number of ether oxygens (including phenoxy) is 6. The van der Waals surface area contributed by atoms with Crippen LogP contribution in [0.1, 0.15) is 32.6 Å². The molecule has 0 aliphatic rings. The standard InChI is InChI=1S/C18H35ClO7/c1-18(20)26-17-16-25-15-14-24-13-12-23-11-10-22-9-8-21-7-5-3-2-4-6-19/h2-17H2,1H3. The van der Waals surface area contributed by atoms with Crippen LogP contribution in [0.3, 0.4) is 0 Å². The molecule has 0 aromatic heterocycles. The quantitative estimate of drug-likeness (QED) is 0.167. The molecule has 0 heterocycles. The van der Waals surface area contributed by atoms with Gasteiger partial charge in [-0.1, -0.05) is 12.8 Å². The topological polar surface area (TPSA) is 72.5 Å². The Labute approximate surface area is 162 Å². The third kappa shape index (κ3) is 23.6. The first-order chi connectivity index (χ1) is 12.8. The molecule has 8 heteroatoms. The second kappa shape index (κ2) is 22.6. The molecule has 0 unspecified atom stereocenters. The molecule has 0 radical (unpaired) electrons. The number of rotatable bonds is 21. The summed E-state index contributed by atoms with van der Waals surface area (Å²) in [5.74, 6) is 0.448. The molecule has 0 aliphatic carbocycles.